The molecule has 7 aromatic rings. The van der Waals surface area contributed by atoms with Crippen molar-refractivity contribution in [2.75, 3.05) is 14.2 Å². The normalized spacial score (nSPS) is 16.9. The van der Waals surface area contributed by atoms with E-state index in [4.69, 9.17) is 42.9 Å². The largest absolute Gasteiger partial charge is 0.508 e. The number of esters is 2. The number of hydrogen-bond donors (Lipinski definition) is 4. The number of fused-ring (bicyclic) bond motifs is 2. The number of ether oxygens (including phenoxy) is 2. The quantitative estimate of drug-likeness (QED) is 0.0536. The van der Waals surface area contributed by atoms with Crippen LogP contribution in [0.3, 0.4) is 0 Å². The summed E-state index contributed by atoms with van der Waals surface area (Å²) in [7, 11) is 2.57. The van der Waals surface area contributed by atoms with Crippen LogP contribution in [0.5, 0.6) is 11.5 Å². The first-order chi connectivity index (χ1) is 39.7. The van der Waals surface area contributed by atoms with E-state index in [0.29, 0.717) is 40.7 Å². The van der Waals surface area contributed by atoms with Crippen LogP contribution in [-0.2, 0) is 57.6 Å². The van der Waals surface area contributed by atoms with Gasteiger partial charge in [-0.25, -0.2) is 23.1 Å². The first kappa shape index (κ1) is 59.1. The minimum Gasteiger partial charge on any atom is -0.508 e. The number of aromatic nitrogens is 4. The lowest BCUT2D eigenvalue weighted by Gasteiger charge is -2.27. The summed E-state index contributed by atoms with van der Waals surface area (Å²) in [5, 5.41) is 35.6. The summed E-state index contributed by atoms with van der Waals surface area (Å²) in [5.41, 5.74) is 8.31. The Balaban J connectivity index is 0.000000198. The number of amides is 2. The van der Waals surface area contributed by atoms with Crippen molar-refractivity contribution in [2.24, 2.45) is 0 Å². The standard InChI is InChI=1S/C32H30Cl2FN3O4.C32H38FN3O4/c1-42-32(41)27(17-20-8-13-24(39)14-9-20)36-31(40)29-25-5-3-2-4-21(16-19-6-11-23(35)12-7-19)30(25)38(37-29)28-15-10-22(33)18-26(28)34;1-40-32(39)28(20-21-14-16-26(37)17-15-21)34-31(38)29-27-13-6-5-9-23(18-22-8-7-10-24(33)19-22)30(27)36(35-29)25-11-3-2-4-12-25/h6-15,18,21,27,39H,2-5,16-17H2,1H3,(H,36,40);7-8,10,14-17,19,23,25,28,37H,2-6,9,11-13,18,20H2,1H3,(H,34,38)/t21?,27-;23?,28-/m11/s1. The molecule has 82 heavy (non-hydrogen) atoms. The van der Waals surface area contributed by atoms with Crippen molar-refractivity contribution in [1.29, 1.82) is 0 Å². The van der Waals surface area contributed by atoms with E-state index in [-0.39, 0.29) is 65.5 Å². The lowest BCUT2D eigenvalue weighted by atomic mass is 9.89. The SMILES string of the molecule is COC(=O)[C@@H](Cc1ccc(O)cc1)NC(=O)c1nn(-c2ccc(Cl)cc2Cl)c2c1CCCCC2Cc1ccc(F)cc1.COC(=O)[C@@H](Cc1ccc(O)cc1)NC(=O)c1nn(C2CCCCC2)c2c1CCCCC2Cc1cccc(F)c1. The molecule has 10 rings (SSSR count). The third-order valence-electron chi connectivity index (χ3n) is 15.9. The smallest absolute Gasteiger partial charge is 0.328 e. The van der Waals surface area contributed by atoms with E-state index in [2.05, 4.69) is 15.3 Å². The number of rotatable bonds is 16. The highest BCUT2D eigenvalue weighted by Gasteiger charge is 2.36. The molecular formula is C64H68Cl2F2N6O8. The first-order valence-corrected chi connectivity index (χ1v) is 28.9. The maximum Gasteiger partial charge on any atom is 0.328 e. The lowest BCUT2D eigenvalue weighted by Crippen LogP contribution is -2.43. The molecule has 0 spiro atoms. The zero-order valence-electron chi connectivity index (χ0n) is 46.0. The topological polar surface area (TPSA) is 187 Å². The number of carbonyl (C=O) groups is 4. The molecule has 430 valence electrons. The predicted octanol–water partition coefficient (Wildman–Crippen LogP) is 12.4. The van der Waals surface area contributed by atoms with Gasteiger partial charge in [0.05, 0.1) is 36.7 Å². The molecule has 2 unspecified atom stereocenters. The predicted molar refractivity (Wildman–Crippen MR) is 309 cm³/mol. The van der Waals surface area contributed by atoms with E-state index in [9.17, 15) is 38.2 Å². The third kappa shape index (κ3) is 14.5. The molecule has 0 saturated heterocycles. The Bertz CT molecular complexity index is 3360. The minimum absolute atomic E-state index is 0.0258. The molecule has 0 bridgehead atoms. The highest BCUT2D eigenvalue weighted by Crippen LogP contribution is 2.41. The van der Waals surface area contributed by atoms with Gasteiger partial charge in [-0.3, -0.25) is 14.3 Å². The van der Waals surface area contributed by atoms with Crippen molar-refractivity contribution in [3.05, 3.63) is 193 Å². The number of halogens is 4. The highest BCUT2D eigenvalue weighted by molar-refractivity contribution is 6.35. The second kappa shape index (κ2) is 27.5. The Kier molecular flexibility index (Phi) is 19.8. The molecule has 5 aromatic carbocycles. The summed E-state index contributed by atoms with van der Waals surface area (Å²) in [5.74, 6) is -2.24. The first-order valence-electron chi connectivity index (χ1n) is 28.2. The molecule has 4 N–H and O–H groups in total. The molecular weight excluding hydrogens is 1090 g/mol. The minimum atomic E-state index is -0.979. The summed E-state index contributed by atoms with van der Waals surface area (Å²) in [6, 6.07) is 29.6. The zero-order valence-corrected chi connectivity index (χ0v) is 47.5. The fourth-order valence-corrected chi connectivity index (χ4v) is 12.4. The van der Waals surface area contributed by atoms with E-state index < -0.39 is 29.9 Å². The van der Waals surface area contributed by atoms with E-state index in [1.807, 2.05) is 6.07 Å². The molecule has 1 saturated carbocycles. The van der Waals surface area contributed by atoms with Gasteiger partial charge < -0.3 is 30.3 Å². The fraction of sp³-hybridized carbons (Fsp3) is 0.375. The summed E-state index contributed by atoms with van der Waals surface area (Å²) >= 11 is 12.8. The molecule has 2 aromatic heterocycles. The number of benzene rings is 5. The molecule has 1 fully saturated rings. The van der Waals surface area contributed by atoms with Gasteiger partial charge in [0, 0.05) is 46.5 Å². The van der Waals surface area contributed by atoms with Crippen LogP contribution in [0.15, 0.2) is 115 Å². The van der Waals surface area contributed by atoms with Crippen molar-refractivity contribution in [3.8, 4) is 17.2 Å². The molecule has 0 aliphatic heterocycles. The molecule has 3 aliphatic carbocycles. The van der Waals surface area contributed by atoms with Crippen LogP contribution in [0.1, 0.15) is 154 Å². The van der Waals surface area contributed by atoms with Gasteiger partial charge in [0.1, 0.15) is 35.2 Å². The van der Waals surface area contributed by atoms with E-state index in [1.54, 1.807) is 83.5 Å². The Morgan fingerprint density at radius 3 is 1.65 bits per heavy atom. The Morgan fingerprint density at radius 1 is 0.585 bits per heavy atom. The average Bonchev–Trinajstić information content (AvgIpc) is 4.11. The van der Waals surface area contributed by atoms with Gasteiger partial charge in [0.25, 0.3) is 11.8 Å². The monoisotopic (exact) mass is 1160 g/mol. The Labute approximate surface area is 486 Å². The average molecular weight is 1160 g/mol. The summed E-state index contributed by atoms with van der Waals surface area (Å²) < 4.78 is 41.5. The molecule has 18 heteroatoms. The Morgan fingerprint density at radius 2 is 1.10 bits per heavy atom. The van der Waals surface area contributed by atoms with Crippen LogP contribution in [0.2, 0.25) is 10.0 Å². The summed E-state index contributed by atoms with van der Waals surface area (Å²) in [4.78, 5) is 53.1. The number of phenols is 2. The highest BCUT2D eigenvalue weighted by atomic mass is 35.5. The Hall–Kier alpha value is -7.56. The van der Waals surface area contributed by atoms with Crippen LogP contribution < -0.4 is 10.6 Å². The van der Waals surface area contributed by atoms with E-state index >= 15 is 0 Å². The second-order valence-electron chi connectivity index (χ2n) is 21.6. The van der Waals surface area contributed by atoms with Gasteiger partial charge in [-0.05, 0) is 153 Å². The molecule has 2 amide bonds. The molecule has 3 aliphatic rings. The van der Waals surface area contributed by atoms with Crippen molar-refractivity contribution in [3.63, 3.8) is 0 Å². The molecule has 14 nitrogen and oxygen atoms in total. The van der Waals surface area contributed by atoms with Crippen molar-refractivity contribution >= 4 is 47.0 Å². The van der Waals surface area contributed by atoms with Crippen LogP contribution in [-0.4, -0.2) is 79.8 Å². The fourth-order valence-electron chi connectivity index (χ4n) is 11.9. The van der Waals surface area contributed by atoms with Crippen LogP contribution in [0.25, 0.3) is 5.69 Å². The van der Waals surface area contributed by atoms with Gasteiger partial charge in [0.15, 0.2) is 11.4 Å². The third-order valence-corrected chi connectivity index (χ3v) is 16.4. The van der Waals surface area contributed by atoms with Gasteiger partial charge >= 0.3 is 11.9 Å². The molecule has 4 atom stereocenters. The van der Waals surface area contributed by atoms with Crippen LogP contribution in [0, 0.1) is 11.6 Å². The maximum absolute atomic E-state index is 14.0. The maximum atomic E-state index is 14.0. The van der Waals surface area contributed by atoms with E-state index in [1.165, 1.54) is 51.0 Å². The number of carbonyl (C=O) groups excluding carboxylic acids is 4. The summed E-state index contributed by atoms with van der Waals surface area (Å²) in [6.07, 6.45) is 14.1. The number of phenolic OH excluding ortho intramolecular Hbond substituents is 2. The van der Waals surface area contributed by atoms with Gasteiger partial charge in [-0.2, -0.15) is 10.2 Å². The van der Waals surface area contributed by atoms with Gasteiger partial charge in [-0.1, -0.05) is 104 Å². The van der Waals surface area contributed by atoms with E-state index in [0.717, 1.165) is 115 Å². The number of methoxy groups -OCH3 is 2. The van der Waals surface area contributed by atoms with Crippen molar-refractivity contribution in [2.45, 2.75) is 139 Å². The lowest BCUT2D eigenvalue weighted by molar-refractivity contribution is -0.143. The van der Waals surface area contributed by atoms with Crippen LogP contribution in [0.4, 0.5) is 8.78 Å². The summed E-state index contributed by atoms with van der Waals surface area (Å²) in [6.45, 7) is 0. The zero-order chi connectivity index (χ0) is 57.9. The number of aromatic hydroxyl groups is 2. The van der Waals surface area contributed by atoms with Crippen LogP contribution >= 0.6 is 23.2 Å². The number of hydrogen-bond acceptors (Lipinski definition) is 10. The van der Waals surface area contributed by atoms with Gasteiger partial charge in [-0.15, -0.1) is 0 Å². The molecule has 2 heterocycles. The number of nitrogens with zero attached hydrogens (tertiary/aromatic N) is 4. The van der Waals surface area contributed by atoms with Crippen molar-refractivity contribution < 1.29 is 47.6 Å². The number of nitrogens with one attached hydrogen (secondary N) is 2. The van der Waals surface area contributed by atoms with Crippen molar-refractivity contribution in [1.82, 2.24) is 30.2 Å². The second-order valence-corrected chi connectivity index (χ2v) is 22.4. The van der Waals surface area contributed by atoms with Gasteiger partial charge in [0.2, 0.25) is 0 Å². The molecule has 0 radical (unpaired) electrons.